The molecule has 2 bridgehead atoms. The van der Waals surface area contributed by atoms with Gasteiger partial charge in [0.1, 0.15) is 11.4 Å². The third-order valence-electron chi connectivity index (χ3n) is 4.13. The lowest BCUT2D eigenvalue weighted by molar-refractivity contribution is -0.134. The van der Waals surface area contributed by atoms with E-state index in [0.29, 0.717) is 12.8 Å². The first-order valence-corrected chi connectivity index (χ1v) is 9.16. The maximum Gasteiger partial charge on any atom is 0.410 e. The zero-order valence-corrected chi connectivity index (χ0v) is 13.9. The summed E-state index contributed by atoms with van der Waals surface area (Å²) in [5, 5.41) is 8.05. The van der Waals surface area contributed by atoms with Crippen LogP contribution < -0.4 is 0 Å². The van der Waals surface area contributed by atoms with Crippen LogP contribution in [-0.4, -0.2) is 59.2 Å². The maximum absolute atomic E-state index is 12.3. The Balaban J connectivity index is 2.09. The average molecular weight is 333 g/mol. The zero-order valence-electron chi connectivity index (χ0n) is 13.1. The minimum atomic E-state index is -3.67. The summed E-state index contributed by atoms with van der Waals surface area (Å²) in [6, 6.07) is -0.357. The van der Waals surface area contributed by atoms with Gasteiger partial charge < -0.3 is 14.7 Å². The summed E-state index contributed by atoms with van der Waals surface area (Å²) >= 11 is 0. The fourth-order valence-electron chi connectivity index (χ4n) is 3.32. The number of rotatable bonds is 3. The maximum atomic E-state index is 12.3. The van der Waals surface area contributed by atoms with Crippen molar-refractivity contribution >= 4 is 21.9 Å². The van der Waals surface area contributed by atoms with Crippen molar-refractivity contribution in [1.82, 2.24) is 4.90 Å². The van der Waals surface area contributed by atoms with E-state index in [4.69, 9.17) is 9.84 Å². The van der Waals surface area contributed by atoms with Crippen LogP contribution in [0.2, 0.25) is 0 Å². The van der Waals surface area contributed by atoms with Crippen molar-refractivity contribution in [3.63, 3.8) is 0 Å². The van der Waals surface area contributed by atoms with Crippen LogP contribution in [0.5, 0.6) is 0 Å². The number of hydrogen-bond donors (Lipinski definition) is 1. The standard InChI is InChI=1S/C14H23NO6S/c1-14(2,3)21-13(18)15-9-4-5-10(15)7-11(6-9)22(19,20)8-12(16)17/h9-11H,4-8H2,1-3H3,(H,16,17)/t9-,10-/m0/s1. The highest BCUT2D eigenvalue weighted by Crippen LogP contribution is 2.39. The van der Waals surface area contributed by atoms with E-state index in [0.717, 1.165) is 12.8 Å². The first-order valence-electron chi connectivity index (χ1n) is 7.44. The van der Waals surface area contributed by atoms with Crippen molar-refractivity contribution in [3.05, 3.63) is 0 Å². The molecule has 2 fully saturated rings. The molecule has 0 aromatic rings. The molecule has 2 rings (SSSR count). The summed E-state index contributed by atoms with van der Waals surface area (Å²) in [4.78, 5) is 24.6. The second-order valence-electron chi connectivity index (χ2n) is 7.07. The quantitative estimate of drug-likeness (QED) is 0.838. The van der Waals surface area contributed by atoms with Gasteiger partial charge in [0, 0.05) is 12.1 Å². The van der Waals surface area contributed by atoms with Gasteiger partial charge in [0.05, 0.1) is 5.25 Å². The molecule has 2 atom stereocenters. The number of ether oxygens (including phenoxy) is 1. The number of carbonyl (C=O) groups is 2. The van der Waals surface area contributed by atoms with Gasteiger partial charge >= 0.3 is 12.1 Å². The zero-order chi connectivity index (χ0) is 16.7. The number of carboxylic acids is 1. The largest absolute Gasteiger partial charge is 0.480 e. The van der Waals surface area contributed by atoms with E-state index in [1.165, 1.54) is 0 Å². The van der Waals surface area contributed by atoms with Crippen LogP contribution in [0, 0.1) is 0 Å². The molecule has 0 spiro atoms. The highest BCUT2D eigenvalue weighted by atomic mass is 32.2. The molecule has 0 aliphatic carbocycles. The minimum absolute atomic E-state index is 0.179. The van der Waals surface area contributed by atoms with E-state index in [2.05, 4.69) is 0 Å². The highest BCUT2D eigenvalue weighted by molar-refractivity contribution is 7.92. The third kappa shape index (κ3) is 3.71. The molecule has 0 aromatic carbocycles. The molecule has 0 unspecified atom stereocenters. The van der Waals surface area contributed by atoms with E-state index in [1.54, 1.807) is 25.7 Å². The van der Waals surface area contributed by atoms with Gasteiger partial charge in [-0.3, -0.25) is 4.79 Å². The smallest absolute Gasteiger partial charge is 0.410 e. The number of amides is 1. The molecule has 1 amide bonds. The average Bonchev–Trinajstić information content (AvgIpc) is 2.56. The lowest BCUT2D eigenvalue weighted by Gasteiger charge is -2.39. The second kappa shape index (κ2) is 5.72. The van der Waals surface area contributed by atoms with Crippen LogP contribution in [0.4, 0.5) is 4.79 Å². The van der Waals surface area contributed by atoms with Crippen molar-refractivity contribution in [3.8, 4) is 0 Å². The number of carboxylic acid groups (broad SMARTS) is 1. The lowest BCUT2D eigenvalue weighted by Crippen LogP contribution is -2.51. The number of carbonyl (C=O) groups excluding carboxylic acids is 1. The Hall–Kier alpha value is -1.31. The Morgan fingerprint density at radius 1 is 1.18 bits per heavy atom. The van der Waals surface area contributed by atoms with Crippen LogP contribution >= 0.6 is 0 Å². The predicted octanol–water partition coefficient (Wildman–Crippen LogP) is 1.42. The molecule has 0 radical (unpaired) electrons. The number of sulfone groups is 1. The van der Waals surface area contributed by atoms with Gasteiger partial charge in [-0.15, -0.1) is 0 Å². The number of fused-ring (bicyclic) bond motifs is 2. The van der Waals surface area contributed by atoms with Crippen LogP contribution in [0.1, 0.15) is 46.5 Å². The minimum Gasteiger partial charge on any atom is -0.480 e. The molecule has 2 aliphatic rings. The van der Waals surface area contributed by atoms with Gasteiger partial charge in [0.2, 0.25) is 0 Å². The van der Waals surface area contributed by atoms with Crippen LogP contribution in [0.3, 0.4) is 0 Å². The Morgan fingerprint density at radius 2 is 1.68 bits per heavy atom. The van der Waals surface area contributed by atoms with E-state index in [-0.39, 0.29) is 12.1 Å². The van der Waals surface area contributed by atoms with Crippen molar-refractivity contribution < 1.29 is 27.9 Å². The topological polar surface area (TPSA) is 101 Å². The third-order valence-corrected chi connectivity index (χ3v) is 6.18. The molecule has 1 N–H and O–H groups in total. The van der Waals surface area contributed by atoms with Crippen LogP contribution in [-0.2, 0) is 19.4 Å². The fraction of sp³-hybridized carbons (Fsp3) is 0.857. The van der Waals surface area contributed by atoms with Crippen molar-refractivity contribution in [2.45, 2.75) is 69.4 Å². The first-order chi connectivity index (χ1) is 9.99. The fourth-order valence-corrected chi connectivity index (χ4v) is 4.93. The monoisotopic (exact) mass is 333 g/mol. The Bertz CT molecular complexity index is 550. The molecular weight excluding hydrogens is 310 g/mol. The first kappa shape index (κ1) is 17.1. The van der Waals surface area contributed by atoms with Gasteiger partial charge in [0.25, 0.3) is 0 Å². The Morgan fingerprint density at radius 3 is 2.09 bits per heavy atom. The number of hydrogen-bond acceptors (Lipinski definition) is 5. The van der Waals surface area contributed by atoms with Gasteiger partial charge in [0.15, 0.2) is 9.84 Å². The summed E-state index contributed by atoms with van der Waals surface area (Å²) in [6.07, 6.45) is 1.66. The highest BCUT2D eigenvalue weighted by Gasteiger charge is 2.48. The van der Waals surface area contributed by atoms with Gasteiger partial charge in [-0.05, 0) is 46.5 Å². The van der Waals surface area contributed by atoms with E-state index in [1.807, 2.05) is 0 Å². The van der Waals surface area contributed by atoms with Crippen molar-refractivity contribution in [1.29, 1.82) is 0 Å². The molecule has 7 nitrogen and oxygen atoms in total. The predicted molar refractivity (Wildman–Crippen MR) is 79.3 cm³/mol. The molecule has 2 saturated heterocycles. The van der Waals surface area contributed by atoms with Crippen molar-refractivity contribution in [2.75, 3.05) is 5.75 Å². The summed E-state index contributed by atoms with van der Waals surface area (Å²) in [5.74, 6) is -2.18. The SMILES string of the molecule is CC(C)(C)OC(=O)N1[C@H]2CC[C@H]1CC(S(=O)(=O)CC(=O)O)C2. The van der Waals surface area contributed by atoms with Crippen LogP contribution in [0.15, 0.2) is 0 Å². The van der Waals surface area contributed by atoms with E-state index in [9.17, 15) is 18.0 Å². The lowest BCUT2D eigenvalue weighted by atomic mass is 10.0. The van der Waals surface area contributed by atoms with E-state index < -0.39 is 38.5 Å². The normalized spacial score (nSPS) is 28.5. The second-order valence-corrected chi connectivity index (χ2v) is 9.35. The molecule has 22 heavy (non-hydrogen) atoms. The van der Waals surface area contributed by atoms with Gasteiger partial charge in [-0.2, -0.15) is 0 Å². The molecular formula is C14H23NO6S. The molecule has 0 aromatic heterocycles. The molecule has 8 heteroatoms. The molecule has 2 heterocycles. The van der Waals surface area contributed by atoms with Gasteiger partial charge in [-0.25, -0.2) is 13.2 Å². The molecule has 126 valence electrons. The molecule has 2 aliphatic heterocycles. The van der Waals surface area contributed by atoms with E-state index >= 15 is 0 Å². The van der Waals surface area contributed by atoms with Crippen molar-refractivity contribution in [2.24, 2.45) is 0 Å². The summed E-state index contributed by atoms with van der Waals surface area (Å²) in [5.41, 5.74) is -0.594. The van der Waals surface area contributed by atoms with Crippen LogP contribution in [0.25, 0.3) is 0 Å². The van der Waals surface area contributed by atoms with Gasteiger partial charge in [-0.1, -0.05) is 0 Å². The Labute approximate surface area is 130 Å². The number of piperidine rings is 1. The molecule has 0 saturated carbocycles. The summed E-state index contributed by atoms with van der Waals surface area (Å²) in [6.45, 7) is 5.37. The summed E-state index contributed by atoms with van der Waals surface area (Å²) < 4.78 is 29.6. The number of aliphatic carboxylic acids is 1. The summed E-state index contributed by atoms with van der Waals surface area (Å²) in [7, 11) is -3.67. The Kier molecular flexibility index (Phi) is 4.43. The number of nitrogens with zero attached hydrogens (tertiary/aromatic N) is 1.